The number of aryl methyl sites for hydroxylation is 1. The molecule has 2 aromatic rings. The summed E-state index contributed by atoms with van der Waals surface area (Å²) in [5.74, 6) is -0.459. The van der Waals surface area contributed by atoms with E-state index in [-0.39, 0.29) is 4.32 Å². The van der Waals surface area contributed by atoms with Gasteiger partial charge in [0.25, 0.3) is 5.91 Å². The lowest BCUT2D eigenvalue weighted by Crippen LogP contribution is -2.33. The number of hydrogen-bond acceptors (Lipinski definition) is 5. The largest absolute Gasteiger partial charge is 0.480 e. The van der Waals surface area contributed by atoms with Crippen molar-refractivity contribution in [3.63, 3.8) is 0 Å². The molecule has 0 bridgehead atoms. The zero-order valence-corrected chi connectivity index (χ0v) is 15.4. The molecule has 1 aliphatic heterocycles. The Labute approximate surface area is 158 Å². The molecule has 25 heavy (non-hydrogen) atoms. The Kier molecular flexibility index (Phi) is 4.99. The number of rotatable bonds is 4. The normalized spacial score (nSPS) is 16.1. The van der Waals surface area contributed by atoms with Gasteiger partial charge >= 0.3 is 5.97 Å². The predicted octanol–water partition coefficient (Wildman–Crippen LogP) is 4.19. The summed E-state index contributed by atoms with van der Waals surface area (Å²) in [6.07, 6.45) is 1.56. The summed E-state index contributed by atoms with van der Waals surface area (Å²) in [6, 6.07) is 9.12. The van der Waals surface area contributed by atoms with Gasteiger partial charge in [-0.2, -0.15) is 0 Å². The van der Waals surface area contributed by atoms with E-state index >= 15 is 0 Å². The van der Waals surface area contributed by atoms with Crippen molar-refractivity contribution < 1.29 is 19.1 Å². The molecule has 1 N–H and O–H groups in total. The highest BCUT2D eigenvalue weighted by atomic mass is 35.5. The number of carboxylic acid groups (broad SMARTS) is 1. The third-order valence-corrected chi connectivity index (χ3v) is 5.31. The number of nitrogens with zero attached hydrogens (tertiary/aromatic N) is 1. The van der Waals surface area contributed by atoms with Crippen molar-refractivity contribution in [3.05, 3.63) is 51.6 Å². The van der Waals surface area contributed by atoms with Gasteiger partial charge in [-0.1, -0.05) is 47.7 Å². The van der Waals surface area contributed by atoms with Crippen LogP contribution in [0.3, 0.4) is 0 Å². The second-order valence-corrected chi connectivity index (χ2v) is 7.41. The fourth-order valence-electron chi connectivity index (χ4n) is 2.23. The van der Waals surface area contributed by atoms with Crippen molar-refractivity contribution in [2.75, 3.05) is 6.54 Å². The first kappa shape index (κ1) is 17.7. The van der Waals surface area contributed by atoms with Crippen LogP contribution >= 0.6 is 35.6 Å². The lowest BCUT2D eigenvalue weighted by molar-refractivity contribution is -0.140. The predicted molar refractivity (Wildman–Crippen MR) is 101 cm³/mol. The SMILES string of the molecule is Cc1ccc(-c2ccc(/C=C3\SC(=S)N(CC(=O)O)C3=O)o2)cc1Cl. The molecular formula is C17H12ClNO4S2. The summed E-state index contributed by atoms with van der Waals surface area (Å²) in [5, 5.41) is 9.49. The van der Waals surface area contributed by atoms with Gasteiger partial charge in [0.05, 0.1) is 4.91 Å². The van der Waals surface area contributed by atoms with E-state index in [1.165, 1.54) is 0 Å². The summed E-state index contributed by atoms with van der Waals surface area (Å²) >= 11 is 12.2. The van der Waals surface area contributed by atoms with Crippen LogP contribution in [-0.2, 0) is 9.59 Å². The molecule has 3 rings (SSSR count). The zero-order chi connectivity index (χ0) is 18.1. The van der Waals surface area contributed by atoms with Crippen LogP contribution in [0, 0.1) is 6.92 Å². The Balaban J connectivity index is 1.84. The molecule has 1 amide bonds. The van der Waals surface area contributed by atoms with Crippen LogP contribution in [0.15, 0.2) is 39.7 Å². The highest BCUT2D eigenvalue weighted by molar-refractivity contribution is 8.26. The van der Waals surface area contributed by atoms with Crippen molar-refractivity contribution in [1.29, 1.82) is 0 Å². The molecular weight excluding hydrogens is 382 g/mol. The second-order valence-electron chi connectivity index (χ2n) is 5.33. The molecule has 1 aromatic carbocycles. The van der Waals surface area contributed by atoms with E-state index in [0.29, 0.717) is 21.4 Å². The van der Waals surface area contributed by atoms with Gasteiger partial charge in [0, 0.05) is 16.7 Å². The first-order valence-electron chi connectivity index (χ1n) is 7.18. The minimum atomic E-state index is -1.12. The quantitative estimate of drug-likeness (QED) is 0.620. The number of furan rings is 1. The molecule has 8 heteroatoms. The Bertz CT molecular complexity index is 919. The van der Waals surface area contributed by atoms with Crippen molar-refractivity contribution in [2.24, 2.45) is 0 Å². The number of benzene rings is 1. The fraction of sp³-hybridized carbons (Fsp3) is 0.118. The van der Waals surface area contributed by atoms with Crippen LogP contribution in [0.5, 0.6) is 0 Å². The monoisotopic (exact) mass is 393 g/mol. The number of carboxylic acids is 1. The van der Waals surface area contributed by atoms with Crippen LogP contribution in [0.25, 0.3) is 17.4 Å². The number of thioether (sulfide) groups is 1. The maximum atomic E-state index is 12.2. The standard InChI is InChI=1S/C17H12ClNO4S2/c1-9-2-3-10(6-12(9)18)13-5-4-11(23-13)7-14-16(22)19(8-15(20)21)17(24)25-14/h2-7H,8H2,1H3,(H,20,21)/b14-7-. The van der Waals surface area contributed by atoms with Gasteiger partial charge in [-0.05, 0) is 30.7 Å². The first-order chi connectivity index (χ1) is 11.8. The van der Waals surface area contributed by atoms with Gasteiger partial charge in [0.15, 0.2) is 0 Å². The molecule has 0 aliphatic carbocycles. The summed E-state index contributed by atoms with van der Waals surface area (Å²) < 4.78 is 5.97. The molecule has 1 fully saturated rings. The van der Waals surface area contributed by atoms with Crippen molar-refractivity contribution in [2.45, 2.75) is 6.92 Å². The fourth-order valence-corrected chi connectivity index (χ4v) is 3.65. The molecule has 2 heterocycles. The van der Waals surface area contributed by atoms with Gasteiger partial charge in [-0.3, -0.25) is 14.5 Å². The van der Waals surface area contributed by atoms with Crippen LogP contribution < -0.4 is 0 Å². The van der Waals surface area contributed by atoms with Gasteiger partial charge in [-0.15, -0.1) is 0 Å². The number of aliphatic carboxylic acids is 1. The third-order valence-electron chi connectivity index (χ3n) is 3.52. The summed E-state index contributed by atoms with van der Waals surface area (Å²) in [6.45, 7) is 1.46. The molecule has 5 nitrogen and oxygen atoms in total. The Morgan fingerprint density at radius 1 is 1.40 bits per heavy atom. The van der Waals surface area contributed by atoms with E-state index in [1.807, 2.05) is 25.1 Å². The zero-order valence-electron chi connectivity index (χ0n) is 13.0. The molecule has 1 aromatic heterocycles. The topological polar surface area (TPSA) is 70.8 Å². The average Bonchev–Trinajstić information content (AvgIpc) is 3.11. The number of hydrogen-bond donors (Lipinski definition) is 1. The third kappa shape index (κ3) is 3.78. The highest BCUT2D eigenvalue weighted by Gasteiger charge is 2.33. The molecule has 0 atom stereocenters. The molecule has 0 radical (unpaired) electrons. The van der Waals surface area contributed by atoms with E-state index in [9.17, 15) is 9.59 Å². The average molecular weight is 394 g/mol. The number of carbonyl (C=O) groups excluding carboxylic acids is 1. The molecule has 0 spiro atoms. The lowest BCUT2D eigenvalue weighted by Gasteiger charge is -2.09. The Hall–Kier alpha value is -2.09. The van der Waals surface area contributed by atoms with Gasteiger partial charge in [0.1, 0.15) is 22.4 Å². The molecule has 1 saturated heterocycles. The number of carbonyl (C=O) groups is 2. The maximum absolute atomic E-state index is 12.2. The van der Waals surface area contributed by atoms with Crippen LogP contribution in [-0.4, -0.2) is 32.7 Å². The van der Waals surface area contributed by atoms with Crippen molar-refractivity contribution in [1.82, 2.24) is 4.90 Å². The van der Waals surface area contributed by atoms with Crippen molar-refractivity contribution in [3.8, 4) is 11.3 Å². The van der Waals surface area contributed by atoms with Crippen LogP contribution in [0.4, 0.5) is 0 Å². The second kappa shape index (κ2) is 7.03. The molecule has 0 unspecified atom stereocenters. The molecule has 128 valence electrons. The van der Waals surface area contributed by atoms with Crippen molar-refractivity contribution >= 4 is 57.9 Å². The van der Waals surface area contributed by atoms with E-state index < -0.39 is 18.4 Å². The van der Waals surface area contributed by atoms with E-state index in [1.54, 1.807) is 18.2 Å². The summed E-state index contributed by atoms with van der Waals surface area (Å²) in [5.41, 5.74) is 1.80. The van der Waals surface area contributed by atoms with Crippen LogP contribution in [0.1, 0.15) is 11.3 Å². The van der Waals surface area contributed by atoms with E-state index in [4.69, 9.17) is 33.3 Å². The molecule has 1 aliphatic rings. The number of halogens is 1. The lowest BCUT2D eigenvalue weighted by atomic mass is 10.1. The first-order valence-corrected chi connectivity index (χ1v) is 8.79. The Morgan fingerprint density at radius 2 is 2.16 bits per heavy atom. The number of thiocarbonyl (C=S) groups is 1. The van der Waals surface area contributed by atoms with Crippen LogP contribution in [0.2, 0.25) is 5.02 Å². The molecule has 0 saturated carbocycles. The van der Waals surface area contributed by atoms with E-state index in [0.717, 1.165) is 27.8 Å². The minimum Gasteiger partial charge on any atom is -0.480 e. The van der Waals surface area contributed by atoms with E-state index in [2.05, 4.69) is 0 Å². The summed E-state index contributed by atoms with van der Waals surface area (Å²) in [4.78, 5) is 24.4. The summed E-state index contributed by atoms with van der Waals surface area (Å²) in [7, 11) is 0. The van der Waals surface area contributed by atoms with Gasteiger partial charge in [0.2, 0.25) is 0 Å². The van der Waals surface area contributed by atoms with Gasteiger partial charge < -0.3 is 9.52 Å². The minimum absolute atomic E-state index is 0.218. The maximum Gasteiger partial charge on any atom is 0.323 e. The number of amides is 1. The Morgan fingerprint density at radius 3 is 2.84 bits per heavy atom. The van der Waals surface area contributed by atoms with Gasteiger partial charge in [-0.25, -0.2) is 0 Å². The smallest absolute Gasteiger partial charge is 0.323 e. The highest BCUT2D eigenvalue weighted by Crippen LogP contribution is 2.34.